The van der Waals surface area contributed by atoms with Crippen molar-refractivity contribution in [3.05, 3.63) is 29.3 Å². The number of benzene rings is 1. The lowest BCUT2D eigenvalue weighted by atomic mass is 10.1. The molecule has 1 heterocycles. The third-order valence-electron chi connectivity index (χ3n) is 3.06. The van der Waals surface area contributed by atoms with E-state index in [4.69, 9.17) is 4.74 Å². The monoisotopic (exact) mass is 205 g/mol. The number of para-hydroxylation sites is 1. The summed E-state index contributed by atoms with van der Waals surface area (Å²) < 4.78 is 6.00. The Morgan fingerprint density at radius 2 is 1.87 bits per heavy atom. The van der Waals surface area contributed by atoms with Crippen LogP contribution < -0.4 is 4.74 Å². The van der Waals surface area contributed by atoms with Crippen molar-refractivity contribution in [1.82, 2.24) is 4.90 Å². The summed E-state index contributed by atoms with van der Waals surface area (Å²) in [6, 6.07) is 6.30. The van der Waals surface area contributed by atoms with Gasteiger partial charge in [0.1, 0.15) is 11.9 Å². The second-order valence-electron chi connectivity index (χ2n) is 4.31. The molecule has 0 bridgehead atoms. The first-order valence-corrected chi connectivity index (χ1v) is 5.66. The molecule has 82 valence electrons. The van der Waals surface area contributed by atoms with Gasteiger partial charge in [0, 0.05) is 13.1 Å². The molecule has 2 nitrogen and oxygen atoms in total. The van der Waals surface area contributed by atoms with Crippen LogP contribution in [0.2, 0.25) is 0 Å². The third-order valence-corrected chi connectivity index (χ3v) is 3.06. The Bertz CT molecular complexity index is 322. The first-order valence-electron chi connectivity index (χ1n) is 5.66. The van der Waals surface area contributed by atoms with Gasteiger partial charge < -0.3 is 4.74 Å². The molecule has 1 aromatic carbocycles. The number of hydrogen-bond acceptors (Lipinski definition) is 2. The number of hydrogen-bond donors (Lipinski definition) is 0. The van der Waals surface area contributed by atoms with E-state index < -0.39 is 0 Å². The first kappa shape index (κ1) is 10.5. The van der Waals surface area contributed by atoms with E-state index in [1.807, 2.05) is 0 Å². The van der Waals surface area contributed by atoms with Gasteiger partial charge in [-0.2, -0.15) is 0 Å². The summed E-state index contributed by atoms with van der Waals surface area (Å²) in [5.74, 6) is 1.08. The Morgan fingerprint density at radius 3 is 2.40 bits per heavy atom. The van der Waals surface area contributed by atoms with E-state index in [-0.39, 0.29) is 0 Å². The van der Waals surface area contributed by atoms with Crippen molar-refractivity contribution >= 4 is 0 Å². The van der Waals surface area contributed by atoms with Crippen molar-refractivity contribution in [1.29, 1.82) is 0 Å². The lowest BCUT2D eigenvalue weighted by molar-refractivity contribution is 0.0230. The molecule has 0 atom stereocenters. The SMILES string of the molecule is CCN1CC(Oc2c(C)cccc2C)C1. The van der Waals surface area contributed by atoms with E-state index in [1.165, 1.54) is 11.1 Å². The van der Waals surface area contributed by atoms with Crippen molar-refractivity contribution in [3.8, 4) is 5.75 Å². The van der Waals surface area contributed by atoms with Gasteiger partial charge in [-0.25, -0.2) is 0 Å². The molecule has 1 saturated heterocycles. The van der Waals surface area contributed by atoms with Crippen LogP contribution in [0.3, 0.4) is 0 Å². The van der Waals surface area contributed by atoms with Gasteiger partial charge in [-0.1, -0.05) is 25.1 Å². The zero-order valence-electron chi connectivity index (χ0n) is 9.79. The lowest BCUT2D eigenvalue weighted by Crippen LogP contribution is -2.53. The van der Waals surface area contributed by atoms with Crippen LogP contribution in [0.4, 0.5) is 0 Å². The topological polar surface area (TPSA) is 12.5 Å². The molecule has 0 unspecified atom stereocenters. The Kier molecular flexibility index (Phi) is 2.96. The molecule has 0 N–H and O–H groups in total. The highest BCUT2D eigenvalue weighted by molar-refractivity contribution is 5.40. The fraction of sp³-hybridized carbons (Fsp3) is 0.538. The molecule has 1 fully saturated rings. The van der Waals surface area contributed by atoms with Crippen LogP contribution >= 0.6 is 0 Å². The minimum atomic E-state index is 0.393. The van der Waals surface area contributed by atoms with Crippen LogP contribution in [0, 0.1) is 13.8 Å². The standard InChI is InChI=1S/C13H19NO/c1-4-14-8-12(9-14)15-13-10(2)6-5-7-11(13)3/h5-7,12H,4,8-9H2,1-3H3. The highest BCUT2D eigenvalue weighted by atomic mass is 16.5. The van der Waals surface area contributed by atoms with Crippen molar-refractivity contribution in [3.63, 3.8) is 0 Å². The average molecular weight is 205 g/mol. The Hall–Kier alpha value is -1.02. The summed E-state index contributed by atoms with van der Waals surface area (Å²) in [6.45, 7) is 9.69. The first-order chi connectivity index (χ1) is 7.20. The summed E-state index contributed by atoms with van der Waals surface area (Å²) in [5.41, 5.74) is 2.48. The van der Waals surface area contributed by atoms with Crippen molar-refractivity contribution in [2.45, 2.75) is 26.9 Å². The van der Waals surface area contributed by atoms with Gasteiger partial charge in [-0.05, 0) is 31.5 Å². The summed E-state index contributed by atoms with van der Waals surface area (Å²) in [5, 5.41) is 0. The summed E-state index contributed by atoms with van der Waals surface area (Å²) in [6.07, 6.45) is 0.393. The Labute approximate surface area is 91.9 Å². The van der Waals surface area contributed by atoms with Gasteiger partial charge in [0.25, 0.3) is 0 Å². The van der Waals surface area contributed by atoms with Crippen LogP contribution in [0.5, 0.6) is 5.75 Å². The maximum atomic E-state index is 6.00. The molecule has 1 aromatic rings. The smallest absolute Gasteiger partial charge is 0.125 e. The molecule has 0 spiro atoms. The fourth-order valence-corrected chi connectivity index (χ4v) is 2.01. The minimum absolute atomic E-state index is 0.393. The predicted octanol–water partition coefficient (Wildman–Crippen LogP) is 2.39. The van der Waals surface area contributed by atoms with Gasteiger partial charge in [-0.3, -0.25) is 4.90 Å². The number of likely N-dealkylation sites (tertiary alicyclic amines) is 1. The normalized spacial score (nSPS) is 17.5. The zero-order chi connectivity index (χ0) is 10.8. The molecule has 15 heavy (non-hydrogen) atoms. The predicted molar refractivity (Wildman–Crippen MR) is 62.4 cm³/mol. The zero-order valence-corrected chi connectivity index (χ0v) is 9.79. The van der Waals surface area contributed by atoms with Gasteiger partial charge >= 0.3 is 0 Å². The van der Waals surface area contributed by atoms with E-state index in [0.717, 1.165) is 25.4 Å². The van der Waals surface area contributed by atoms with Gasteiger partial charge in [0.05, 0.1) is 0 Å². The van der Waals surface area contributed by atoms with Gasteiger partial charge in [-0.15, -0.1) is 0 Å². The number of nitrogens with zero attached hydrogens (tertiary/aromatic N) is 1. The van der Waals surface area contributed by atoms with E-state index in [2.05, 4.69) is 43.9 Å². The van der Waals surface area contributed by atoms with Gasteiger partial charge in [0.15, 0.2) is 0 Å². The number of rotatable bonds is 3. The van der Waals surface area contributed by atoms with Crippen molar-refractivity contribution in [2.24, 2.45) is 0 Å². The summed E-state index contributed by atoms with van der Waals surface area (Å²) in [4.78, 5) is 2.39. The van der Waals surface area contributed by atoms with E-state index in [9.17, 15) is 0 Å². The Balaban J connectivity index is 2.00. The lowest BCUT2D eigenvalue weighted by Gasteiger charge is -2.38. The quantitative estimate of drug-likeness (QED) is 0.751. The minimum Gasteiger partial charge on any atom is -0.487 e. The van der Waals surface area contributed by atoms with Crippen LogP contribution in [-0.2, 0) is 0 Å². The molecule has 0 radical (unpaired) electrons. The maximum Gasteiger partial charge on any atom is 0.125 e. The maximum absolute atomic E-state index is 6.00. The van der Waals surface area contributed by atoms with E-state index in [1.54, 1.807) is 0 Å². The highest BCUT2D eigenvalue weighted by Crippen LogP contribution is 2.25. The second kappa shape index (κ2) is 4.23. The number of ether oxygens (including phenoxy) is 1. The van der Waals surface area contributed by atoms with E-state index >= 15 is 0 Å². The highest BCUT2D eigenvalue weighted by Gasteiger charge is 2.27. The largest absolute Gasteiger partial charge is 0.487 e. The number of likely N-dealkylation sites (N-methyl/N-ethyl adjacent to an activating group) is 1. The molecule has 0 aliphatic carbocycles. The van der Waals surface area contributed by atoms with Crippen LogP contribution in [0.15, 0.2) is 18.2 Å². The van der Waals surface area contributed by atoms with Crippen LogP contribution in [0.1, 0.15) is 18.1 Å². The summed E-state index contributed by atoms with van der Waals surface area (Å²) >= 11 is 0. The molecule has 1 aliphatic heterocycles. The van der Waals surface area contributed by atoms with Crippen molar-refractivity contribution in [2.75, 3.05) is 19.6 Å². The molecule has 0 aromatic heterocycles. The molecular weight excluding hydrogens is 186 g/mol. The summed E-state index contributed by atoms with van der Waals surface area (Å²) in [7, 11) is 0. The molecule has 1 aliphatic rings. The number of aryl methyl sites for hydroxylation is 2. The van der Waals surface area contributed by atoms with Gasteiger partial charge in [0.2, 0.25) is 0 Å². The van der Waals surface area contributed by atoms with Crippen LogP contribution in [0.25, 0.3) is 0 Å². The fourth-order valence-electron chi connectivity index (χ4n) is 2.01. The molecule has 2 heteroatoms. The molecule has 0 saturated carbocycles. The molecular formula is C13H19NO. The average Bonchev–Trinajstić information content (AvgIpc) is 2.14. The Morgan fingerprint density at radius 1 is 1.27 bits per heavy atom. The third kappa shape index (κ3) is 2.15. The van der Waals surface area contributed by atoms with Crippen molar-refractivity contribution < 1.29 is 4.74 Å². The molecule has 2 rings (SSSR count). The van der Waals surface area contributed by atoms with E-state index in [0.29, 0.717) is 6.10 Å². The molecule has 0 amide bonds. The second-order valence-corrected chi connectivity index (χ2v) is 4.31. The van der Waals surface area contributed by atoms with Crippen LogP contribution in [-0.4, -0.2) is 30.6 Å².